The van der Waals surface area contributed by atoms with Crippen LogP contribution in [0.5, 0.6) is 0 Å². The average Bonchev–Trinajstić information content (AvgIpc) is 3.40. The molecule has 0 aromatic heterocycles. The molecule has 10 atom stereocenters. The summed E-state index contributed by atoms with van der Waals surface area (Å²) in [5.74, 6) is -9.20. The highest BCUT2D eigenvalue weighted by atomic mass is 16.5. The zero-order valence-corrected chi connectivity index (χ0v) is 50.3. The van der Waals surface area contributed by atoms with Crippen molar-refractivity contribution in [3.05, 3.63) is 35.9 Å². The molecule has 1 aromatic rings. The second kappa shape index (κ2) is 30.7. The summed E-state index contributed by atoms with van der Waals surface area (Å²) in [4.78, 5) is 153. The third-order valence-electron chi connectivity index (χ3n) is 15.3. The van der Waals surface area contributed by atoms with Crippen LogP contribution in [-0.2, 0) is 59.1 Å². The van der Waals surface area contributed by atoms with Crippen molar-refractivity contribution >= 4 is 58.8 Å². The highest BCUT2D eigenvalue weighted by molar-refractivity contribution is 5.99. The van der Waals surface area contributed by atoms with Gasteiger partial charge in [0.05, 0.1) is 48.8 Å². The van der Waals surface area contributed by atoms with Gasteiger partial charge >= 0.3 is 0 Å². The van der Waals surface area contributed by atoms with E-state index >= 15 is 0 Å². The molecule has 444 valence electrons. The maximum Gasteiger partial charge on any atom is 0.248 e. The number of carbonyl (C=O) groups is 10. The van der Waals surface area contributed by atoms with Crippen LogP contribution in [0.2, 0.25) is 0 Å². The molecule has 1 aromatic carbocycles. The summed E-state index contributed by atoms with van der Waals surface area (Å²) in [6, 6.07) is 1.47. The third-order valence-corrected chi connectivity index (χ3v) is 15.3. The minimum absolute atomic E-state index is 0.00178. The van der Waals surface area contributed by atoms with Gasteiger partial charge in [0.2, 0.25) is 47.3 Å². The van der Waals surface area contributed by atoms with Crippen LogP contribution in [0.1, 0.15) is 140 Å². The third kappa shape index (κ3) is 19.8. The van der Waals surface area contributed by atoms with Crippen molar-refractivity contribution in [1.29, 1.82) is 0 Å². The van der Waals surface area contributed by atoms with E-state index < -0.39 is 144 Å². The van der Waals surface area contributed by atoms with Crippen LogP contribution in [0.3, 0.4) is 0 Å². The van der Waals surface area contributed by atoms with Gasteiger partial charge in [0.15, 0.2) is 11.6 Å². The van der Waals surface area contributed by atoms with Crippen molar-refractivity contribution in [3.8, 4) is 0 Å². The number of hydrogen-bond donors (Lipinski definition) is 3. The van der Waals surface area contributed by atoms with Crippen molar-refractivity contribution in [2.75, 3.05) is 61.5 Å². The fourth-order valence-corrected chi connectivity index (χ4v) is 10.4. The second-order valence-corrected chi connectivity index (χ2v) is 24.1. The van der Waals surface area contributed by atoms with Crippen LogP contribution in [-0.4, -0.2) is 203 Å². The van der Waals surface area contributed by atoms with E-state index in [4.69, 9.17) is 4.74 Å². The smallest absolute Gasteiger partial charge is 0.248 e. The average molecular weight is 1110 g/mol. The Balaban J connectivity index is 2.29. The molecule has 0 spiro atoms. The number of rotatable bonds is 12. The lowest BCUT2D eigenvalue weighted by Gasteiger charge is -2.37. The number of ketones is 2. The van der Waals surface area contributed by atoms with Crippen molar-refractivity contribution in [1.82, 2.24) is 40.0 Å². The van der Waals surface area contributed by atoms with E-state index in [-0.39, 0.29) is 44.1 Å². The van der Waals surface area contributed by atoms with Gasteiger partial charge < -0.3 is 49.9 Å². The van der Waals surface area contributed by atoms with Gasteiger partial charge in [-0.3, -0.25) is 47.9 Å². The number of likely N-dealkylation sites (N-methyl/N-ethyl adjacent to an activating group) is 5. The summed E-state index contributed by atoms with van der Waals surface area (Å²) >= 11 is 0. The number of Topliss-reactive ketones (excluding diaryl/α,β-unsaturated/α-hetero) is 2. The van der Waals surface area contributed by atoms with Gasteiger partial charge in [0, 0.05) is 74.0 Å². The molecule has 2 aliphatic rings. The monoisotopic (exact) mass is 1110 g/mol. The number of piperidine rings is 1. The van der Waals surface area contributed by atoms with Crippen LogP contribution in [0.4, 0.5) is 0 Å². The molecule has 20 nitrogen and oxygen atoms in total. The lowest BCUT2D eigenvalue weighted by atomic mass is 9.86. The first kappa shape index (κ1) is 67.5. The quantitative estimate of drug-likeness (QED) is 0.270. The summed E-state index contributed by atoms with van der Waals surface area (Å²) in [6.45, 7) is 19.4. The Morgan fingerprint density at radius 3 is 1.80 bits per heavy atom. The van der Waals surface area contributed by atoms with E-state index in [1.807, 2.05) is 41.5 Å². The molecule has 3 N–H and O–H groups in total. The fraction of sp³-hybridized carbons (Fsp3) is 0.729. The van der Waals surface area contributed by atoms with E-state index in [2.05, 4.69) is 10.6 Å². The molecule has 3 rings (SSSR count). The van der Waals surface area contributed by atoms with E-state index in [0.717, 1.165) is 24.2 Å². The van der Waals surface area contributed by atoms with E-state index in [1.165, 1.54) is 68.7 Å². The minimum Gasteiger partial charge on any atom is -0.391 e. The van der Waals surface area contributed by atoms with Crippen LogP contribution in [0.25, 0.3) is 0 Å². The number of likely N-dealkylation sites (tertiary alicyclic amines) is 1. The summed E-state index contributed by atoms with van der Waals surface area (Å²) < 4.78 is 6.16. The molecule has 2 fully saturated rings. The maximum atomic E-state index is 15.0. The Kier molecular flexibility index (Phi) is 26.3. The molecule has 20 heteroatoms. The molecule has 79 heavy (non-hydrogen) atoms. The van der Waals surface area contributed by atoms with Gasteiger partial charge in [0.1, 0.15) is 24.2 Å². The predicted octanol–water partition coefficient (Wildman–Crippen LogP) is 3.89. The van der Waals surface area contributed by atoms with E-state index in [1.54, 1.807) is 56.0 Å². The summed E-state index contributed by atoms with van der Waals surface area (Å²) in [7, 11) is 7.09. The number of aliphatic hydroxyl groups is 1. The van der Waals surface area contributed by atoms with Gasteiger partial charge in [-0.2, -0.15) is 0 Å². The first-order valence-electron chi connectivity index (χ1n) is 28.4. The highest BCUT2D eigenvalue weighted by Gasteiger charge is 2.43. The standard InChI is InChI=1S/C59H96N8O12/c1-17-38(6)52-48(70)31-42(56(76)67-26-22-19-23-27-67)33-49(71)60-39(7)54(74)65(15)46(30-41-24-20-18-21-25-41)57(77)64(14)45(29-37(4)5)53(73)61-51(40(8)68)58(78)62(12)34-50(72)63(13)44(28-36(2)3)47(69)32-43(55(75)66(52)16)35-79-59(9,10)11/h18,20-21,24-25,36-40,42-46,51-52,68H,17,19,22-23,26-35H2,1-16H3,(H,60,71)(H,61,73)/t38-,39-,40+,42-,43-,44-,45-,46-,51-,52-/m0/s1. The van der Waals surface area contributed by atoms with E-state index in [9.17, 15) is 53.1 Å². The predicted molar refractivity (Wildman–Crippen MR) is 301 cm³/mol. The molecule has 2 heterocycles. The first-order chi connectivity index (χ1) is 36.8. The molecule has 0 radical (unpaired) electrons. The molecule has 2 saturated heterocycles. The Morgan fingerprint density at radius 2 is 1.25 bits per heavy atom. The molecule has 8 amide bonds. The number of benzene rings is 1. The number of aliphatic hydroxyl groups excluding tert-OH is 1. The van der Waals surface area contributed by atoms with Crippen molar-refractivity contribution in [3.63, 3.8) is 0 Å². The SMILES string of the molecule is CC[C@H](C)[C@H]1C(=O)C[C@H](C(=O)N2CCCCC2)CC(=O)N[C@@H](C)C(=O)N(C)[C@@H](Cc2ccccc2)C(=O)N(C)[C@@H](CC(C)C)C(=O)N[C@@H]([C@@H](C)O)C(=O)N(C)CC(=O)N(C)[C@@H](CC(C)C)C(=O)C[C@@H](COC(C)(C)C)C(=O)N1C. The number of hydrogen-bond acceptors (Lipinski definition) is 12. The molecular weight excluding hydrogens is 1010 g/mol. The molecule has 2 aliphatic heterocycles. The van der Waals surface area contributed by atoms with Gasteiger partial charge in [-0.1, -0.05) is 78.3 Å². The van der Waals surface area contributed by atoms with Crippen molar-refractivity contribution in [2.24, 2.45) is 29.6 Å². The molecule has 0 saturated carbocycles. The van der Waals surface area contributed by atoms with Crippen molar-refractivity contribution < 1.29 is 57.8 Å². The lowest BCUT2D eigenvalue weighted by molar-refractivity contribution is -0.151. The minimum atomic E-state index is -1.59. The van der Waals surface area contributed by atoms with Crippen LogP contribution in [0, 0.1) is 29.6 Å². The number of nitrogens with zero attached hydrogens (tertiary/aromatic N) is 6. The van der Waals surface area contributed by atoms with Gasteiger partial charge in [-0.25, -0.2) is 0 Å². The van der Waals surface area contributed by atoms with Crippen LogP contribution < -0.4 is 10.6 Å². The fourth-order valence-electron chi connectivity index (χ4n) is 10.4. The van der Waals surface area contributed by atoms with Gasteiger partial charge in [-0.05, 0) is 90.0 Å². The zero-order chi connectivity index (χ0) is 59.8. The van der Waals surface area contributed by atoms with Gasteiger partial charge in [0.25, 0.3) is 0 Å². The van der Waals surface area contributed by atoms with Crippen LogP contribution in [0.15, 0.2) is 30.3 Å². The Morgan fingerprint density at radius 1 is 0.684 bits per heavy atom. The Labute approximate surface area is 470 Å². The first-order valence-corrected chi connectivity index (χ1v) is 28.4. The number of amides is 8. The van der Waals surface area contributed by atoms with Crippen molar-refractivity contribution in [2.45, 2.75) is 188 Å². The zero-order valence-electron chi connectivity index (χ0n) is 50.3. The Bertz CT molecular complexity index is 2260. The summed E-state index contributed by atoms with van der Waals surface area (Å²) in [6.07, 6.45) is 0.374. The number of ether oxygens (including phenoxy) is 1. The second-order valence-electron chi connectivity index (χ2n) is 24.1. The van der Waals surface area contributed by atoms with Gasteiger partial charge in [-0.15, -0.1) is 0 Å². The number of carbonyl (C=O) groups excluding carboxylic acids is 10. The Hall–Kier alpha value is -5.76. The largest absolute Gasteiger partial charge is 0.391 e. The normalized spacial score (nSPS) is 26.3. The maximum absolute atomic E-state index is 15.0. The molecule has 0 aliphatic carbocycles. The van der Waals surface area contributed by atoms with Crippen LogP contribution >= 0.6 is 0 Å². The molecule has 0 bridgehead atoms. The summed E-state index contributed by atoms with van der Waals surface area (Å²) in [5, 5.41) is 16.4. The number of nitrogens with one attached hydrogen (secondary N) is 2. The summed E-state index contributed by atoms with van der Waals surface area (Å²) in [5.41, 5.74) is -0.0646. The molecular formula is C59H96N8O12. The van der Waals surface area contributed by atoms with E-state index in [0.29, 0.717) is 25.1 Å². The molecule has 0 unspecified atom stereocenters. The highest BCUT2D eigenvalue weighted by Crippen LogP contribution is 2.27. The topological polar surface area (TPSA) is 244 Å². The lowest BCUT2D eigenvalue weighted by Crippen LogP contribution is -2.61.